The average Bonchev–Trinajstić information content (AvgIpc) is 2.20. The molecule has 56 valence electrons. The average molecular weight is 141 g/mol. The van der Waals surface area contributed by atoms with Gasteiger partial charge in [0.25, 0.3) is 0 Å². The standard InChI is InChI=1S/C6H11N3O/c1-4-6(7)5(2-3-10)9-8-4/h10H,2-3,7H2,1H3,(H,8,9). The molecule has 1 aromatic rings. The van der Waals surface area contributed by atoms with Crippen LogP contribution in [0.2, 0.25) is 0 Å². The second-order valence-electron chi connectivity index (χ2n) is 2.18. The third-order valence-corrected chi connectivity index (χ3v) is 1.42. The van der Waals surface area contributed by atoms with Crippen LogP contribution in [0.1, 0.15) is 11.4 Å². The van der Waals surface area contributed by atoms with Crippen molar-refractivity contribution in [2.45, 2.75) is 13.3 Å². The van der Waals surface area contributed by atoms with Crippen molar-refractivity contribution in [3.63, 3.8) is 0 Å². The molecule has 0 aliphatic carbocycles. The molecule has 10 heavy (non-hydrogen) atoms. The van der Waals surface area contributed by atoms with Gasteiger partial charge in [0.05, 0.1) is 17.1 Å². The Balaban J connectivity index is 2.83. The van der Waals surface area contributed by atoms with Crippen molar-refractivity contribution in [1.29, 1.82) is 0 Å². The molecule has 0 unspecified atom stereocenters. The molecular weight excluding hydrogens is 130 g/mol. The number of rotatable bonds is 2. The Kier molecular flexibility index (Phi) is 1.91. The summed E-state index contributed by atoms with van der Waals surface area (Å²) in [6, 6.07) is 0. The number of aliphatic hydroxyl groups is 1. The van der Waals surface area contributed by atoms with E-state index in [-0.39, 0.29) is 6.61 Å². The van der Waals surface area contributed by atoms with Crippen LogP contribution in [0.15, 0.2) is 0 Å². The minimum Gasteiger partial charge on any atom is -0.396 e. The van der Waals surface area contributed by atoms with Gasteiger partial charge in [0.2, 0.25) is 0 Å². The number of aryl methyl sites for hydroxylation is 1. The Morgan fingerprint density at radius 2 is 2.40 bits per heavy atom. The Morgan fingerprint density at radius 1 is 1.70 bits per heavy atom. The van der Waals surface area contributed by atoms with Gasteiger partial charge in [-0.1, -0.05) is 0 Å². The molecule has 0 fully saturated rings. The molecule has 4 N–H and O–H groups in total. The highest BCUT2D eigenvalue weighted by Crippen LogP contribution is 2.11. The van der Waals surface area contributed by atoms with Gasteiger partial charge < -0.3 is 10.8 Å². The van der Waals surface area contributed by atoms with E-state index in [1.54, 1.807) is 0 Å². The zero-order valence-electron chi connectivity index (χ0n) is 5.89. The number of anilines is 1. The van der Waals surface area contributed by atoms with Crippen LogP contribution in [0.5, 0.6) is 0 Å². The maximum absolute atomic E-state index is 8.54. The first kappa shape index (κ1) is 7.08. The van der Waals surface area contributed by atoms with E-state index in [9.17, 15) is 0 Å². The van der Waals surface area contributed by atoms with Crippen LogP contribution in [0.3, 0.4) is 0 Å². The summed E-state index contributed by atoms with van der Waals surface area (Å²) in [5.41, 5.74) is 7.86. The lowest BCUT2D eigenvalue weighted by atomic mass is 10.2. The molecule has 0 aromatic carbocycles. The van der Waals surface area contributed by atoms with E-state index >= 15 is 0 Å². The Morgan fingerprint density at radius 3 is 2.80 bits per heavy atom. The molecule has 1 heterocycles. The summed E-state index contributed by atoms with van der Waals surface area (Å²) in [5, 5.41) is 15.2. The number of aliphatic hydroxyl groups excluding tert-OH is 1. The van der Waals surface area contributed by atoms with Gasteiger partial charge in [-0.25, -0.2) is 0 Å². The Bertz CT molecular complexity index is 219. The molecule has 0 atom stereocenters. The van der Waals surface area contributed by atoms with Gasteiger partial charge in [-0.05, 0) is 6.92 Å². The lowest BCUT2D eigenvalue weighted by molar-refractivity contribution is 0.298. The van der Waals surface area contributed by atoms with Gasteiger partial charge >= 0.3 is 0 Å². The van der Waals surface area contributed by atoms with Crippen LogP contribution >= 0.6 is 0 Å². The van der Waals surface area contributed by atoms with Crippen molar-refractivity contribution in [2.75, 3.05) is 12.3 Å². The van der Waals surface area contributed by atoms with Gasteiger partial charge in [-0.15, -0.1) is 0 Å². The fraction of sp³-hybridized carbons (Fsp3) is 0.500. The summed E-state index contributed by atoms with van der Waals surface area (Å²) in [6.45, 7) is 1.94. The molecule has 0 radical (unpaired) electrons. The molecule has 1 aromatic heterocycles. The molecule has 0 spiro atoms. The van der Waals surface area contributed by atoms with Crippen molar-refractivity contribution < 1.29 is 5.11 Å². The smallest absolute Gasteiger partial charge is 0.0877 e. The van der Waals surface area contributed by atoms with E-state index in [4.69, 9.17) is 10.8 Å². The van der Waals surface area contributed by atoms with Gasteiger partial charge in [-0.3, -0.25) is 5.10 Å². The van der Waals surface area contributed by atoms with Crippen LogP contribution < -0.4 is 5.73 Å². The molecule has 0 aliphatic heterocycles. The maximum atomic E-state index is 8.54. The van der Waals surface area contributed by atoms with Crippen molar-refractivity contribution >= 4 is 5.69 Å². The SMILES string of the molecule is Cc1[nH]nc(CCO)c1N. The third-order valence-electron chi connectivity index (χ3n) is 1.42. The van der Waals surface area contributed by atoms with E-state index in [1.807, 2.05) is 6.92 Å². The number of aromatic nitrogens is 2. The van der Waals surface area contributed by atoms with E-state index in [0.29, 0.717) is 12.1 Å². The van der Waals surface area contributed by atoms with E-state index < -0.39 is 0 Å². The lowest BCUT2D eigenvalue weighted by Gasteiger charge is -1.92. The van der Waals surface area contributed by atoms with Crippen molar-refractivity contribution in [1.82, 2.24) is 10.2 Å². The summed E-state index contributed by atoms with van der Waals surface area (Å²) in [4.78, 5) is 0. The molecule has 0 bridgehead atoms. The molecule has 4 heteroatoms. The zero-order chi connectivity index (χ0) is 7.56. The van der Waals surface area contributed by atoms with Crippen molar-refractivity contribution in [3.05, 3.63) is 11.4 Å². The molecule has 0 saturated carbocycles. The monoisotopic (exact) mass is 141 g/mol. The first-order chi connectivity index (χ1) is 4.75. The van der Waals surface area contributed by atoms with Crippen molar-refractivity contribution in [2.24, 2.45) is 0 Å². The highest BCUT2D eigenvalue weighted by Gasteiger charge is 2.03. The van der Waals surface area contributed by atoms with Crippen LogP contribution in [0.25, 0.3) is 0 Å². The second-order valence-corrected chi connectivity index (χ2v) is 2.18. The summed E-state index contributed by atoms with van der Waals surface area (Å²) in [6.07, 6.45) is 0.524. The fourth-order valence-electron chi connectivity index (χ4n) is 0.785. The molecule has 0 amide bonds. The predicted octanol–water partition coefficient (Wildman–Crippen LogP) is -0.165. The molecule has 1 rings (SSSR count). The number of nitrogens with one attached hydrogen (secondary N) is 1. The molecule has 4 nitrogen and oxygen atoms in total. The summed E-state index contributed by atoms with van der Waals surface area (Å²) in [7, 11) is 0. The van der Waals surface area contributed by atoms with Crippen LogP contribution in [-0.2, 0) is 6.42 Å². The van der Waals surface area contributed by atoms with Gasteiger partial charge in [0.1, 0.15) is 0 Å². The Labute approximate surface area is 59.1 Å². The summed E-state index contributed by atoms with van der Waals surface area (Å²) >= 11 is 0. The first-order valence-corrected chi connectivity index (χ1v) is 3.16. The predicted molar refractivity (Wildman–Crippen MR) is 38.5 cm³/mol. The third kappa shape index (κ3) is 1.11. The Hall–Kier alpha value is -1.03. The quantitative estimate of drug-likeness (QED) is 0.535. The lowest BCUT2D eigenvalue weighted by Crippen LogP contribution is -1.96. The highest BCUT2D eigenvalue weighted by atomic mass is 16.3. The van der Waals surface area contributed by atoms with Gasteiger partial charge in [0, 0.05) is 13.0 Å². The second kappa shape index (κ2) is 2.70. The number of aromatic amines is 1. The zero-order valence-corrected chi connectivity index (χ0v) is 5.89. The van der Waals surface area contributed by atoms with E-state index in [1.165, 1.54) is 0 Å². The fourth-order valence-corrected chi connectivity index (χ4v) is 0.785. The molecule has 0 saturated heterocycles. The van der Waals surface area contributed by atoms with Crippen LogP contribution in [-0.4, -0.2) is 21.9 Å². The minimum absolute atomic E-state index is 0.0918. The van der Waals surface area contributed by atoms with Gasteiger partial charge in [0.15, 0.2) is 0 Å². The number of nitrogens with zero attached hydrogens (tertiary/aromatic N) is 1. The topological polar surface area (TPSA) is 74.9 Å². The first-order valence-electron chi connectivity index (χ1n) is 3.16. The van der Waals surface area contributed by atoms with Crippen LogP contribution in [0.4, 0.5) is 5.69 Å². The van der Waals surface area contributed by atoms with Gasteiger partial charge in [-0.2, -0.15) is 5.10 Å². The number of hydrogen-bond acceptors (Lipinski definition) is 3. The number of hydrogen-bond donors (Lipinski definition) is 3. The normalized spacial score (nSPS) is 10.2. The number of nitrogens with two attached hydrogens (primary N) is 1. The highest BCUT2D eigenvalue weighted by molar-refractivity contribution is 5.46. The van der Waals surface area contributed by atoms with Crippen LogP contribution in [0, 0.1) is 6.92 Å². The number of H-pyrrole nitrogens is 1. The number of nitrogen functional groups attached to an aromatic ring is 1. The largest absolute Gasteiger partial charge is 0.396 e. The molecular formula is C6H11N3O. The maximum Gasteiger partial charge on any atom is 0.0877 e. The van der Waals surface area contributed by atoms with E-state index in [2.05, 4.69) is 10.2 Å². The summed E-state index contributed by atoms with van der Waals surface area (Å²) in [5.74, 6) is 0. The minimum atomic E-state index is 0.0918. The van der Waals surface area contributed by atoms with Crippen molar-refractivity contribution in [3.8, 4) is 0 Å². The summed E-state index contributed by atoms with van der Waals surface area (Å²) < 4.78 is 0. The van der Waals surface area contributed by atoms with E-state index in [0.717, 1.165) is 11.4 Å². The molecule has 0 aliphatic rings.